The highest BCUT2D eigenvalue weighted by Gasteiger charge is 2.37. The lowest BCUT2D eigenvalue weighted by atomic mass is 9.68. The predicted molar refractivity (Wildman–Crippen MR) is 68.8 cm³/mol. The van der Waals surface area contributed by atoms with Gasteiger partial charge in [-0.2, -0.15) is 0 Å². The second-order valence-corrected chi connectivity index (χ2v) is 5.94. The van der Waals surface area contributed by atoms with Gasteiger partial charge in [-0.3, -0.25) is 4.90 Å². The molecule has 4 heteroatoms. The predicted octanol–water partition coefficient (Wildman–Crippen LogP) is 3.42. The van der Waals surface area contributed by atoms with Gasteiger partial charge in [-0.25, -0.2) is 9.37 Å². The van der Waals surface area contributed by atoms with Crippen LogP contribution in [0.15, 0.2) is 12.5 Å². The minimum atomic E-state index is -1.01. The Bertz CT molecular complexity index is 360. The maximum Gasteiger partial charge on any atom is 0.195 e. The Morgan fingerprint density at radius 3 is 2.50 bits per heavy atom. The number of aromatic nitrogens is 2. The molecule has 2 aliphatic rings. The van der Waals surface area contributed by atoms with Gasteiger partial charge in [-0.15, -0.1) is 0 Å². The van der Waals surface area contributed by atoms with Crippen LogP contribution in [0.5, 0.6) is 0 Å². The maximum atomic E-state index is 14.3. The summed E-state index contributed by atoms with van der Waals surface area (Å²) >= 11 is 0. The number of halogens is 1. The zero-order valence-electron chi connectivity index (χ0n) is 10.9. The van der Waals surface area contributed by atoms with Crippen LogP contribution in [0, 0.1) is 5.41 Å². The van der Waals surface area contributed by atoms with Gasteiger partial charge < -0.3 is 4.98 Å². The maximum absolute atomic E-state index is 14.3. The molecular weight excluding hydrogens is 229 g/mol. The van der Waals surface area contributed by atoms with Gasteiger partial charge in [0.25, 0.3) is 0 Å². The van der Waals surface area contributed by atoms with E-state index in [2.05, 4.69) is 9.97 Å². The van der Waals surface area contributed by atoms with Gasteiger partial charge in [0.1, 0.15) is 0 Å². The molecule has 2 heterocycles. The van der Waals surface area contributed by atoms with E-state index in [1.54, 1.807) is 12.5 Å². The SMILES string of the molecule is FC(c1cnc[nH]1)N1CCC2(CCCCC2)CC1. The van der Waals surface area contributed by atoms with E-state index in [1.165, 1.54) is 44.9 Å². The summed E-state index contributed by atoms with van der Waals surface area (Å²) in [6.07, 6.45) is 11.3. The number of nitrogens with one attached hydrogen (secondary N) is 1. The molecule has 0 bridgehead atoms. The van der Waals surface area contributed by atoms with Crippen molar-refractivity contribution in [1.82, 2.24) is 14.9 Å². The van der Waals surface area contributed by atoms with Gasteiger partial charge in [0.2, 0.25) is 0 Å². The van der Waals surface area contributed by atoms with Crippen LogP contribution in [0.2, 0.25) is 0 Å². The number of hydrogen-bond acceptors (Lipinski definition) is 2. The van der Waals surface area contributed by atoms with E-state index in [-0.39, 0.29) is 0 Å². The van der Waals surface area contributed by atoms with E-state index in [1.807, 2.05) is 4.90 Å². The fraction of sp³-hybridized carbons (Fsp3) is 0.786. The third-order valence-corrected chi connectivity index (χ3v) is 4.87. The second-order valence-electron chi connectivity index (χ2n) is 5.94. The van der Waals surface area contributed by atoms with Crippen LogP contribution in [0.1, 0.15) is 56.9 Å². The third kappa shape index (κ3) is 2.30. The van der Waals surface area contributed by atoms with Crippen molar-refractivity contribution in [2.24, 2.45) is 5.41 Å². The number of nitrogens with zero attached hydrogens (tertiary/aromatic N) is 2. The van der Waals surface area contributed by atoms with Crippen molar-refractivity contribution in [2.75, 3.05) is 13.1 Å². The molecule has 1 aromatic heterocycles. The second kappa shape index (κ2) is 5.00. The Hall–Kier alpha value is -0.900. The van der Waals surface area contributed by atoms with Crippen LogP contribution in [0.25, 0.3) is 0 Å². The molecule has 1 N–H and O–H groups in total. The molecule has 1 aliphatic carbocycles. The number of piperidine rings is 1. The van der Waals surface area contributed by atoms with Crippen molar-refractivity contribution >= 4 is 0 Å². The molecule has 18 heavy (non-hydrogen) atoms. The number of aromatic amines is 1. The van der Waals surface area contributed by atoms with Crippen LogP contribution in [0.3, 0.4) is 0 Å². The Morgan fingerprint density at radius 2 is 1.89 bits per heavy atom. The summed E-state index contributed by atoms with van der Waals surface area (Å²) in [6, 6.07) is 0. The average molecular weight is 251 g/mol. The molecule has 0 aromatic carbocycles. The molecule has 100 valence electrons. The van der Waals surface area contributed by atoms with Crippen LogP contribution < -0.4 is 0 Å². The summed E-state index contributed by atoms with van der Waals surface area (Å²) in [5.74, 6) is 0. The van der Waals surface area contributed by atoms with Crippen LogP contribution in [-0.2, 0) is 0 Å². The first-order chi connectivity index (χ1) is 8.79. The smallest absolute Gasteiger partial charge is 0.195 e. The van der Waals surface area contributed by atoms with E-state index < -0.39 is 6.30 Å². The third-order valence-electron chi connectivity index (χ3n) is 4.87. The number of imidazole rings is 1. The minimum absolute atomic E-state index is 0.544. The Kier molecular flexibility index (Phi) is 3.37. The zero-order chi connectivity index (χ0) is 12.4. The lowest BCUT2D eigenvalue weighted by Gasteiger charge is -2.44. The van der Waals surface area contributed by atoms with E-state index in [0.29, 0.717) is 11.1 Å². The Morgan fingerprint density at radius 1 is 1.17 bits per heavy atom. The van der Waals surface area contributed by atoms with Gasteiger partial charge in [0.15, 0.2) is 6.30 Å². The number of alkyl halides is 1. The molecular formula is C14H22FN3. The first-order valence-electron chi connectivity index (χ1n) is 7.16. The van der Waals surface area contributed by atoms with E-state index >= 15 is 0 Å². The standard InChI is InChI=1S/C14H22FN3/c15-13(12-10-16-11-17-12)18-8-6-14(7-9-18)4-2-1-3-5-14/h10-11,13H,1-9H2,(H,16,17). The lowest BCUT2D eigenvalue weighted by molar-refractivity contribution is -0.000797. The number of H-pyrrole nitrogens is 1. The van der Waals surface area contributed by atoms with Crippen LogP contribution >= 0.6 is 0 Å². The van der Waals surface area contributed by atoms with E-state index in [9.17, 15) is 4.39 Å². The summed E-state index contributed by atoms with van der Waals surface area (Å²) in [5.41, 5.74) is 1.14. The number of rotatable bonds is 2. The van der Waals surface area contributed by atoms with Gasteiger partial charge in [-0.1, -0.05) is 19.3 Å². The van der Waals surface area contributed by atoms with Gasteiger partial charge in [0.05, 0.1) is 18.2 Å². The summed E-state index contributed by atoms with van der Waals surface area (Å²) in [6.45, 7) is 1.78. The topological polar surface area (TPSA) is 31.9 Å². The highest BCUT2D eigenvalue weighted by atomic mass is 19.1. The van der Waals surface area contributed by atoms with Crippen molar-refractivity contribution in [3.63, 3.8) is 0 Å². The minimum Gasteiger partial charge on any atom is -0.345 e. The number of likely N-dealkylation sites (tertiary alicyclic amines) is 1. The fourth-order valence-corrected chi connectivity index (χ4v) is 3.62. The fourth-order valence-electron chi connectivity index (χ4n) is 3.62. The first-order valence-corrected chi connectivity index (χ1v) is 7.16. The van der Waals surface area contributed by atoms with E-state index in [4.69, 9.17) is 0 Å². The normalized spacial score (nSPS) is 26.3. The summed E-state index contributed by atoms with van der Waals surface area (Å²) < 4.78 is 14.3. The molecule has 3 nitrogen and oxygen atoms in total. The quantitative estimate of drug-likeness (QED) is 0.817. The van der Waals surface area contributed by atoms with Gasteiger partial charge in [-0.05, 0) is 31.1 Å². The molecule has 1 aromatic rings. The average Bonchev–Trinajstić information content (AvgIpc) is 2.94. The van der Waals surface area contributed by atoms with Crippen molar-refractivity contribution in [3.05, 3.63) is 18.2 Å². The molecule has 0 radical (unpaired) electrons. The monoisotopic (exact) mass is 251 g/mol. The molecule has 1 atom stereocenters. The molecule has 1 aliphatic heterocycles. The summed E-state index contributed by atoms with van der Waals surface area (Å²) in [5, 5.41) is 0. The molecule has 1 spiro atoms. The van der Waals surface area contributed by atoms with Gasteiger partial charge in [0, 0.05) is 13.1 Å². The Balaban J connectivity index is 1.59. The summed E-state index contributed by atoms with van der Waals surface area (Å²) in [7, 11) is 0. The molecule has 1 saturated carbocycles. The van der Waals surface area contributed by atoms with Crippen LogP contribution in [0.4, 0.5) is 4.39 Å². The van der Waals surface area contributed by atoms with Crippen molar-refractivity contribution in [1.29, 1.82) is 0 Å². The largest absolute Gasteiger partial charge is 0.345 e. The first kappa shape index (κ1) is 12.2. The van der Waals surface area contributed by atoms with Crippen LogP contribution in [-0.4, -0.2) is 28.0 Å². The Labute approximate surface area is 108 Å². The van der Waals surface area contributed by atoms with Gasteiger partial charge >= 0.3 is 0 Å². The van der Waals surface area contributed by atoms with Crippen molar-refractivity contribution in [2.45, 2.75) is 51.2 Å². The molecule has 0 amide bonds. The molecule has 3 rings (SSSR count). The number of hydrogen-bond donors (Lipinski definition) is 1. The zero-order valence-corrected chi connectivity index (χ0v) is 10.9. The van der Waals surface area contributed by atoms with E-state index in [0.717, 1.165) is 13.1 Å². The summed E-state index contributed by atoms with van der Waals surface area (Å²) in [4.78, 5) is 8.73. The van der Waals surface area contributed by atoms with Crippen molar-refractivity contribution < 1.29 is 4.39 Å². The molecule has 1 saturated heterocycles. The lowest BCUT2D eigenvalue weighted by Crippen LogP contribution is -2.41. The van der Waals surface area contributed by atoms with Crippen molar-refractivity contribution in [3.8, 4) is 0 Å². The molecule has 2 fully saturated rings. The highest BCUT2D eigenvalue weighted by Crippen LogP contribution is 2.45. The molecule has 1 unspecified atom stereocenters. The highest BCUT2D eigenvalue weighted by molar-refractivity contribution is 5.00.